The van der Waals surface area contributed by atoms with E-state index in [1.165, 1.54) is 0 Å². The van der Waals surface area contributed by atoms with Crippen LogP contribution in [0.25, 0.3) is 0 Å². The largest absolute Gasteiger partial charge is 0.467 e. The molecule has 1 saturated heterocycles. The summed E-state index contributed by atoms with van der Waals surface area (Å²) >= 11 is 0. The van der Waals surface area contributed by atoms with Crippen molar-refractivity contribution < 1.29 is 13.9 Å². The number of carbonyl (C=O) groups excluding carboxylic acids is 1. The average Bonchev–Trinajstić information content (AvgIpc) is 2.82. The Morgan fingerprint density at radius 1 is 1.58 bits per heavy atom. The number of furan rings is 1. The van der Waals surface area contributed by atoms with Crippen LogP contribution in [0.15, 0.2) is 16.7 Å². The van der Waals surface area contributed by atoms with Crippen molar-refractivity contribution in [2.24, 2.45) is 0 Å². The van der Waals surface area contributed by atoms with Crippen LogP contribution in [-0.4, -0.2) is 42.6 Å². The highest BCUT2D eigenvalue weighted by molar-refractivity contribution is 5.90. The number of hydrogen-bond acceptors (Lipinski definition) is 5. The van der Waals surface area contributed by atoms with Crippen molar-refractivity contribution in [3.8, 4) is 0 Å². The number of esters is 1. The van der Waals surface area contributed by atoms with Crippen LogP contribution in [0.1, 0.15) is 36.9 Å². The van der Waals surface area contributed by atoms with E-state index in [1.54, 1.807) is 19.3 Å². The number of nitrogens with zero attached hydrogens (tertiary/aromatic N) is 1. The SMILES string of the molecule is CCOC(=O)c1ccoc1CN1CC(C)NCC1C. The van der Waals surface area contributed by atoms with Crippen molar-refractivity contribution in [2.45, 2.75) is 39.4 Å². The zero-order chi connectivity index (χ0) is 13.8. The monoisotopic (exact) mass is 266 g/mol. The zero-order valence-electron chi connectivity index (χ0n) is 11.8. The van der Waals surface area contributed by atoms with Crippen molar-refractivity contribution in [3.05, 3.63) is 23.7 Å². The molecular formula is C14H22N2O3. The van der Waals surface area contributed by atoms with Crippen molar-refractivity contribution in [1.82, 2.24) is 10.2 Å². The van der Waals surface area contributed by atoms with Crippen LogP contribution in [0.5, 0.6) is 0 Å². The van der Waals surface area contributed by atoms with Crippen LogP contribution >= 0.6 is 0 Å². The highest BCUT2D eigenvalue weighted by Gasteiger charge is 2.25. The third kappa shape index (κ3) is 3.36. The Kier molecular flexibility index (Phi) is 4.61. The van der Waals surface area contributed by atoms with E-state index >= 15 is 0 Å². The molecule has 1 aromatic rings. The van der Waals surface area contributed by atoms with E-state index in [1.807, 2.05) is 0 Å². The van der Waals surface area contributed by atoms with Gasteiger partial charge < -0.3 is 14.5 Å². The third-order valence-corrected chi connectivity index (χ3v) is 3.48. The van der Waals surface area contributed by atoms with Gasteiger partial charge in [0.25, 0.3) is 0 Å². The van der Waals surface area contributed by atoms with Crippen LogP contribution in [-0.2, 0) is 11.3 Å². The van der Waals surface area contributed by atoms with E-state index in [-0.39, 0.29) is 5.97 Å². The molecule has 0 bridgehead atoms. The van der Waals surface area contributed by atoms with E-state index in [0.29, 0.717) is 36.6 Å². The number of nitrogens with one attached hydrogen (secondary N) is 1. The second-order valence-corrected chi connectivity index (χ2v) is 5.07. The molecule has 0 saturated carbocycles. The Morgan fingerprint density at radius 3 is 3.11 bits per heavy atom. The van der Waals surface area contributed by atoms with Crippen molar-refractivity contribution in [3.63, 3.8) is 0 Å². The van der Waals surface area contributed by atoms with Crippen LogP contribution in [0.3, 0.4) is 0 Å². The predicted molar refractivity (Wildman–Crippen MR) is 72.0 cm³/mol. The molecule has 0 aromatic carbocycles. The van der Waals surface area contributed by atoms with Crippen LogP contribution < -0.4 is 5.32 Å². The molecule has 5 nitrogen and oxygen atoms in total. The number of piperazine rings is 1. The van der Waals surface area contributed by atoms with E-state index < -0.39 is 0 Å². The zero-order valence-corrected chi connectivity index (χ0v) is 11.8. The number of hydrogen-bond donors (Lipinski definition) is 1. The summed E-state index contributed by atoms with van der Waals surface area (Å²) in [7, 11) is 0. The Hall–Kier alpha value is -1.33. The number of rotatable bonds is 4. The number of ether oxygens (including phenoxy) is 1. The second-order valence-electron chi connectivity index (χ2n) is 5.07. The lowest BCUT2D eigenvalue weighted by atomic mass is 10.1. The molecule has 106 valence electrons. The third-order valence-electron chi connectivity index (χ3n) is 3.48. The summed E-state index contributed by atoms with van der Waals surface area (Å²) in [5.41, 5.74) is 0.542. The minimum Gasteiger partial charge on any atom is -0.467 e. The molecule has 1 aliphatic rings. The van der Waals surface area contributed by atoms with Gasteiger partial charge in [0.05, 0.1) is 19.4 Å². The lowest BCUT2D eigenvalue weighted by Gasteiger charge is -2.37. The molecule has 1 fully saturated rings. The predicted octanol–water partition coefficient (Wildman–Crippen LogP) is 1.64. The lowest BCUT2D eigenvalue weighted by molar-refractivity contribution is 0.0519. The fourth-order valence-electron chi connectivity index (χ4n) is 2.36. The minimum absolute atomic E-state index is 0.304. The average molecular weight is 266 g/mol. The van der Waals surface area contributed by atoms with Gasteiger partial charge in [0.15, 0.2) is 0 Å². The van der Waals surface area contributed by atoms with Crippen molar-refractivity contribution in [1.29, 1.82) is 0 Å². The van der Waals surface area contributed by atoms with E-state index in [0.717, 1.165) is 13.1 Å². The van der Waals surface area contributed by atoms with Crippen LogP contribution in [0, 0.1) is 0 Å². The molecule has 0 spiro atoms. The Bertz CT molecular complexity index is 430. The van der Waals surface area contributed by atoms with Gasteiger partial charge in [0, 0.05) is 25.2 Å². The minimum atomic E-state index is -0.304. The lowest BCUT2D eigenvalue weighted by Crippen LogP contribution is -2.53. The van der Waals surface area contributed by atoms with E-state index in [2.05, 4.69) is 24.1 Å². The summed E-state index contributed by atoms with van der Waals surface area (Å²) in [5.74, 6) is 0.390. The van der Waals surface area contributed by atoms with Gasteiger partial charge in [0.2, 0.25) is 0 Å². The van der Waals surface area contributed by atoms with E-state index in [4.69, 9.17) is 9.15 Å². The molecule has 0 radical (unpaired) electrons. The normalized spacial score (nSPS) is 24.4. The summed E-state index contributed by atoms with van der Waals surface area (Å²) in [6.45, 7) is 9.07. The molecule has 1 aromatic heterocycles. The summed E-state index contributed by atoms with van der Waals surface area (Å²) < 4.78 is 10.5. The highest BCUT2D eigenvalue weighted by Crippen LogP contribution is 2.17. The van der Waals surface area contributed by atoms with Gasteiger partial charge in [-0.1, -0.05) is 0 Å². The fraction of sp³-hybridized carbons (Fsp3) is 0.643. The topological polar surface area (TPSA) is 54.7 Å². The van der Waals surface area contributed by atoms with Gasteiger partial charge in [-0.05, 0) is 26.8 Å². The first-order valence-corrected chi connectivity index (χ1v) is 6.82. The molecule has 2 unspecified atom stereocenters. The van der Waals surface area contributed by atoms with Gasteiger partial charge >= 0.3 is 5.97 Å². The Labute approximate surface area is 113 Å². The molecule has 2 rings (SSSR count). The molecule has 0 aliphatic carbocycles. The molecule has 2 heterocycles. The van der Waals surface area contributed by atoms with Gasteiger partial charge in [-0.25, -0.2) is 4.79 Å². The Balaban J connectivity index is 2.06. The van der Waals surface area contributed by atoms with Crippen molar-refractivity contribution in [2.75, 3.05) is 19.7 Å². The standard InChI is InChI=1S/C14H22N2O3/c1-4-18-14(17)12-5-6-19-13(12)9-16-8-10(2)15-7-11(16)3/h5-6,10-11,15H,4,7-9H2,1-3H3. The first kappa shape index (κ1) is 14.1. The molecule has 19 heavy (non-hydrogen) atoms. The number of carbonyl (C=O) groups is 1. The molecule has 5 heteroatoms. The summed E-state index contributed by atoms with van der Waals surface area (Å²) in [6, 6.07) is 2.57. The molecule has 2 atom stereocenters. The second kappa shape index (κ2) is 6.21. The molecule has 1 aliphatic heterocycles. The highest BCUT2D eigenvalue weighted by atomic mass is 16.5. The van der Waals surface area contributed by atoms with Crippen LogP contribution in [0.4, 0.5) is 0 Å². The molecule has 0 amide bonds. The smallest absolute Gasteiger partial charge is 0.341 e. The fourth-order valence-corrected chi connectivity index (χ4v) is 2.36. The Morgan fingerprint density at radius 2 is 2.37 bits per heavy atom. The maximum atomic E-state index is 11.8. The molecular weight excluding hydrogens is 244 g/mol. The summed E-state index contributed by atoms with van der Waals surface area (Å²) in [5, 5.41) is 3.44. The summed E-state index contributed by atoms with van der Waals surface area (Å²) in [6.07, 6.45) is 1.55. The van der Waals surface area contributed by atoms with Crippen molar-refractivity contribution >= 4 is 5.97 Å². The molecule has 1 N–H and O–H groups in total. The maximum absolute atomic E-state index is 11.8. The maximum Gasteiger partial charge on any atom is 0.341 e. The van der Waals surface area contributed by atoms with Gasteiger partial charge in [-0.2, -0.15) is 0 Å². The first-order chi connectivity index (χ1) is 9.11. The summed E-state index contributed by atoms with van der Waals surface area (Å²) in [4.78, 5) is 14.1. The first-order valence-electron chi connectivity index (χ1n) is 6.82. The van der Waals surface area contributed by atoms with Crippen LogP contribution in [0.2, 0.25) is 0 Å². The van der Waals surface area contributed by atoms with E-state index in [9.17, 15) is 4.79 Å². The van der Waals surface area contributed by atoms with Gasteiger partial charge in [0.1, 0.15) is 11.3 Å². The quantitative estimate of drug-likeness (QED) is 0.840. The van der Waals surface area contributed by atoms with Gasteiger partial charge in [-0.3, -0.25) is 4.90 Å². The van der Waals surface area contributed by atoms with Gasteiger partial charge in [-0.15, -0.1) is 0 Å².